The SMILES string of the molecule is CC[C@@H](C)C(=O)N1CCc2cc(-c3cn4ccc(C)cc4n3)ccc21. The number of amides is 1. The van der Waals surface area contributed by atoms with Gasteiger partial charge in [-0.25, -0.2) is 4.98 Å². The lowest BCUT2D eigenvalue weighted by Crippen LogP contribution is -2.33. The van der Waals surface area contributed by atoms with Gasteiger partial charge < -0.3 is 9.30 Å². The number of pyridine rings is 1. The molecule has 1 atom stereocenters. The molecule has 3 aromatic rings. The van der Waals surface area contributed by atoms with E-state index in [2.05, 4.69) is 50.4 Å². The van der Waals surface area contributed by atoms with Crippen LogP contribution in [0.4, 0.5) is 5.69 Å². The average Bonchev–Trinajstić information content (AvgIpc) is 3.23. The van der Waals surface area contributed by atoms with Crippen molar-refractivity contribution in [3.05, 3.63) is 53.9 Å². The minimum absolute atomic E-state index is 0.0762. The van der Waals surface area contributed by atoms with E-state index in [9.17, 15) is 4.79 Å². The number of carbonyl (C=O) groups is 1. The van der Waals surface area contributed by atoms with Crippen LogP contribution in [-0.2, 0) is 11.2 Å². The third-order valence-electron chi connectivity index (χ3n) is 5.19. The molecule has 0 radical (unpaired) electrons. The van der Waals surface area contributed by atoms with Gasteiger partial charge in [0.1, 0.15) is 5.65 Å². The number of fused-ring (bicyclic) bond motifs is 2. The summed E-state index contributed by atoms with van der Waals surface area (Å²) in [5, 5.41) is 0. The summed E-state index contributed by atoms with van der Waals surface area (Å²) in [4.78, 5) is 19.2. The first kappa shape index (κ1) is 15.9. The Hall–Kier alpha value is -2.62. The Balaban J connectivity index is 1.68. The molecule has 0 aliphatic carbocycles. The van der Waals surface area contributed by atoms with Crippen molar-refractivity contribution >= 4 is 17.2 Å². The molecule has 3 heterocycles. The highest BCUT2D eigenvalue weighted by atomic mass is 16.2. The highest BCUT2D eigenvalue weighted by Crippen LogP contribution is 2.33. The summed E-state index contributed by atoms with van der Waals surface area (Å²) in [6.07, 6.45) is 5.90. The minimum atomic E-state index is 0.0762. The Labute approximate surface area is 148 Å². The molecule has 1 aliphatic rings. The molecule has 0 spiro atoms. The summed E-state index contributed by atoms with van der Waals surface area (Å²) < 4.78 is 2.05. The van der Waals surface area contributed by atoms with Gasteiger partial charge in [0.15, 0.2) is 0 Å². The summed E-state index contributed by atoms with van der Waals surface area (Å²) in [7, 11) is 0. The van der Waals surface area contributed by atoms with Crippen molar-refractivity contribution in [2.75, 3.05) is 11.4 Å². The van der Waals surface area contributed by atoms with Crippen LogP contribution in [0.15, 0.2) is 42.7 Å². The number of aromatic nitrogens is 2. The fraction of sp³-hybridized carbons (Fsp3) is 0.333. The lowest BCUT2D eigenvalue weighted by atomic mass is 10.1. The summed E-state index contributed by atoms with van der Waals surface area (Å²) >= 11 is 0. The topological polar surface area (TPSA) is 37.6 Å². The molecule has 1 aromatic carbocycles. The second-order valence-corrected chi connectivity index (χ2v) is 6.99. The highest BCUT2D eigenvalue weighted by Gasteiger charge is 2.27. The quantitative estimate of drug-likeness (QED) is 0.719. The second-order valence-electron chi connectivity index (χ2n) is 6.99. The van der Waals surface area contributed by atoms with E-state index >= 15 is 0 Å². The van der Waals surface area contributed by atoms with Gasteiger partial charge in [0.2, 0.25) is 5.91 Å². The lowest BCUT2D eigenvalue weighted by molar-refractivity contribution is -0.121. The Morgan fingerprint density at radius 2 is 2.12 bits per heavy atom. The maximum absolute atomic E-state index is 12.6. The van der Waals surface area contributed by atoms with E-state index in [1.807, 2.05) is 22.4 Å². The number of hydrogen-bond donors (Lipinski definition) is 0. The van der Waals surface area contributed by atoms with Crippen LogP contribution < -0.4 is 4.90 Å². The Morgan fingerprint density at radius 3 is 2.92 bits per heavy atom. The van der Waals surface area contributed by atoms with Crippen LogP contribution >= 0.6 is 0 Å². The second kappa shape index (κ2) is 6.03. The van der Waals surface area contributed by atoms with Gasteiger partial charge in [-0.1, -0.05) is 19.9 Å². The van der Waals surface area contributed by atoms with E-state index in [0.29, 0.717) is 0 Å². The molecule has 128 valence electrons. The van der Waals surface area contributed by atoms with Gasteiger partial charge in [-0.2, -0.15) is 0 Å². The molecule has 0 bridgehead atoms. The van der Waals surface area contributed by atoms with Crippen LogP contribution in [0.25, 0.3) is 16.9 Å². The molecule has 1 amide bonds. The molecule has 4 nitrogen and oxygen atoms in total. The standard InChI is InChI=1S/C21H23N3O/c1-4-15(3)21(25)24-10-8-17-12-16(5-6-19(17)24)18-13-23-9-7-14(2)11-20(23)22-18/h5-7,9,11-13,15H,4,8,10H2,1-3H3/t15-/m1/s1. The van der Waals surface area contributed by atoms with Crippen molar-refractivity contribution in [3.8, 4) is 11.3 Å². The van der Waals surface area contributed by atoms with E-state index in [4.69, 9.17) is 4.98 Å². The Bertz CT molecular complexity index is 957. The highest BCUT2D eigenvalue weighted by molar-refractivity contribution is 5.97. The largest absolute Gasteiger partial charge is 0.312 e. The van der Waals surface area contributed by atoms with Crippen molar-refractivity contribution < 1.29 is 4.79 Å². The summed E-state index contributed by atoms with van der Waals surface area (Å²) in [5.74, 6) is 0.310. The molecular weight excluding hydrogens is 310 g/mol. The van der Waals surface area contributed by atoms with Crippen molar-refractivity contribution in [1.29, 1.82) is 0 Å². The van der Waals surface area contributed by atoms with Crippen molar-refractivity contribution in [2.45, 2.75) is 33.6 Å². The van der Waals surface area contributed by atoms with Gasteiger partial charge in [0.05, 0.1) is 5.69 Å². The van der Waals surface area contributed by atoms with Crippen LogP contribution in [0, 0.1) is 12.8 Å². The number of hydrogen-bond acceptors (Lipinski definition) is 2. The summed E-state index contributed by atoms with van der Waals surface area (Å²) in [6, 6.07) is 10.5. The average molecular weight is 333 g/mol. The molecule has 4 heteroatoms. The number of imidazole rings is 1. The van der Waals surface area contributed by atoms with Crippen LogP contribution in [0.3, 0.4) is 0 Å². The molecule has 0 saturated carbocycles. The maximum atomic E-state index is 12.6. The first-order valence-electron chi connectivity index (χ1n) is 8.97. The third kappa shape index (κ3) is 2.72. The molecular formula is C21H23N3O. The minimum Gasteiger partial charge on any atom is -0.312 e. The fourth-order valence-corrected chi connectivity index (χ4v) is 3.45. The molecule has 2 aromatic heterocycles. The van der Waals surface area contributed by atoms with Gasteiger partial charge >= 0.3 is 0 Å². The molecule has 0 N–H and O–H groups in total. The maximum Gasteiger partial charge on any atom is 0.229 e. The van der Waals surface area contributed by atoms with Crippen molar-refractivity contribution in [3.63, 3.8) is 0 Å². The van der Waals surface area contributed by atoms with Crippen molar-refractivity contribution in [1.82, 2.24) is 9.38 Å². The lowest BCUT2D eigenvalue weighted by Gasteiger charge is -2.21. The van der Waals surface area contributed by atoms with Crippen LogP contribution in [0.5, 0.6) is 0 Å². The van der Waals surface area contributed by atoms with Gasteiger partial charge in [-0.05, 0) is 55.2 Å². The van der Waals surface area contributed by atoms with E-state index < -0.39 is 0 Å². The number of aryl methyl sites for hydroxylation is 1. The predicted molar refractivity (Wildman–Crippen MR) is 101 cm³/mol. The Kier molecular flexibility index (Phi) is 3.83. The zero-order valence-corrected chi connectivity index (χ0v) is 15.0. The van der Waals surface area contributed by atoms with E-state index in [0.717, 1.165) is 42.0 Å². The molecule has 0 unspecified atom stereocenters. The van der Waals surface area contributed by atoms with Gasteiger partial charge in [0.25, 0.3) is 0 Å². The zero-order chi connectivity index (χ0) is 17.6. The van der Waals surface area contributed by atoms with Crippen LogP contribution in [0.2, 0.25) is 0 Å². The summed E-state index contributed by atoms with van der Waals surface area (Å²) in [5.41, 5.74) is 6.55. The molecule has 0 saturated heterocycles. The third-order valence-corrected chi connectivity index (χ3v) is 5.19. The van der Waals surface area contributed by atoms with Crippen molar-refractivity contribution in [2.24, 2.45) is 5.92 Å². The van der Waals surface area contributed by atoms with Gasteiger partial charge in [-0.3, -0.25) is 4.79 Å². The molecule has 25 heavy (non-hydrogen) atoms. The normalized spacial score (nSPS) is 14.8. The van der Waals surface area contributed by atoms with Crippen LogP contribution in [0.1, 0.15) is 31.4 Å². The number of rotatable bonds is 3. The molecule has 0 fully saturated rings. The number of anilines is 1. The zero-order valence-electron chi connectivity index (χ0n) is 15.0. The van der Waals surface area contributed by atoms with E-state index in [1.54, 1.807) is 0 Å². The number of carbonyl (C=O) groups excluding carboxylic acids is 1. The fourth-order valence-electron chi connectivity index (χ4n) is 3.45. The molecule has 4 rings (SSSR count). The van der Waals surface area contributed by atoms with Gasteiger partial charge in [-0.15, -0.1) is 0 Å². The summed E-state index contributed by atoms with van der Waals surface area (Å²) in [6.45, 7) is 6.93. The number of nitrogens with zero attached hydrogens (tertiary/aromatic N) is 3. The van der Waals surface area contributed by atoms with E-state index in [1.165, 1.54) is 11.1 Å². The van der Waals surface area contributed by atoms with Crippen LogP contribution in [-0.4, -0.2) is 21.8 Å². The smallest absolute Gasteiger partial charge is 0.229 e. The van der Waals surface area contributed by atoms with Gasteiger partial charge in [0, 0.05) is 36.1 Å². The first-order valence-corrected chi connectivity index (χ1v) is 8.97. The van der Waals surface area contributed by atoms with E-state index in [-0.39, 0.29) is 11.8 Å². The predicted octanol–water partition coefficient (Wildman–Crippen LogP) is 4.24. The number of benzene rings is 1. The first-order chi connectivity index (χ1) is 12.1. The Morgan fingerprint density at radius 1 is 1.28 bits per heavy atom. The monoisotopic (exact) mass is 333 g/mol. The molecule has 1 aliphatic heterocycles.